The fourth-order valence-corrected chi connectivity index (χ4v) is 6.55. The van der Waals surface area contributed by atoms with Crippen LogP contribution in [0.15, 0.2) is 137 Å². The third kappa shape index (κ3) is 3.33. The van der Waals surface area contributed by atoms with E-state index in [9.17, 15) is 0 Å². The van der Waals surface area contributed by atoms with Crippen LogP contribution >= 0.6 is 11.8 Å². The third-order valence-electron chi connectivity index (χ3n) is 7.33. The van der Waals surface area contributed by atoms with Gasteiger partial charge in [0.1, 0.15) is 5.75 Å². The molecule has 1 aliphatic rings. The highest BCUT2D eigenvalue weighted by Crippen LogP contribution is 2.50. The molecule has 0 bridgehead atoms. The molecule has 2 nitrogen and oxygen atoms in total. The normalized spacial score (nSPS) is 12.3. The van der Waals surface area contributed by atoms with Gasteiger partial charge in [0, 0.05) is 11.1 Å². The zero-order chi connectivity index (χ0) is 25.1. The number of nitrogens with zero attached hydrogens (tertiary/aromatic N) is 1. The van der Waals surface area contributed by atoms with Gasteiger partial charge >= 0.3 is 0 Å². The summed E-state index contributed by atoms with van der Waals surface area (Å²) in [4.78, 5) is 7.38. The first-order valence-electron chi connectivity index (χ1n) is 12.7. The Morgan fingerprint density at radius 1 is 0.474 bits per heavy atom. The lowest BCUT2D eigenvalue weighted by Crippen LogP contribution is -1.98. The molecule has 178 valence electrons. The molecule has 0 spiro atoms. The number of rotatable bonds is 2. The first-order chi connectivity index (χ1) is 18.8. The third-order valence-corrected chi connectivity index (χ3v) is 8.42. The maximum Gasteiger partial charge on any atom is 0.150 e. The zero-order valence-corrected chi connectivity index (χ0v) is 21.2. The van der Waals surface area contributed by atoms with Gasteiger partial charge in [-0.3, -0.25) is 0 Å². The van der Waals surface area contributed by atoms with Gasteiger partial charge in [-0.15, -0.1) is 0 Å². The van der Waals surface area contributed by atoms with Gasteiger partial charge in [-0.1, -0.05) is 96.7 Å². The molecule has 0 radical (unpaired) electrons. The molecular formula is C35H21NOS. The van der Waals surface area contributed by atoms with Crippen LogP contribution in [0.1, 0.15) is 0 Å². The number of benzene rings is 6. The summed E-state index contributed by atoms with van der Waals surface area (Å²) in [5.74, 6) is 1.76. The quantitative estimate of drug-likeness (QED) is 0.219. The molecule has 3 heteroatoms. The minimum atomic E-state index is 0.872. The largest absolute Gasteiger partial charge is 0.454 e. The molecule has 6 aromatic carbocycles. The van der Waals surface area contributed by atoms with Crippen molar-refractivity contribution in [3.05, 3.63) is 127 Å². The Hall–Kier alpha value is -4.60. The van der Waals surface area contributed by atoms with Crippen LogP contribution in [0.25, 0.3) is 54.8 Å². The van der Waals surface area contributed by atoms with Gasteiger partial charge < -0.3 is 4.74 Å². The SMILES string of the molecule is c1cc(-c2ccc3c4ccccc4c4ccccc4c3c2)nc(-c2cccc3c2Oc2ccccc2S3)c1. The Morgan fingerprint density at radius 3 is 1.87 bits per heavy atom. The van der Waals surface area contributed by atoms with Crippen LogP contribution in [0.2, 0.25) is 0 Å². The Balaban J connectivity index is 1.28. The summed E-state index contributed by atoms with van der Waals surface area (Å²) in [6, 6.07) is 44.8. The Morgan fingerprint density at radius 2 is 1.08 bits per heavy atom. The molecule has 0 unspecified atom stereocenters. The predicted octanol–water partition coefficient (Wildman–Crippen LogP) is 10.1. The topological polar surface area (TPSA) is 22.1 Å². The molecule has 2 heterocycles. The number of fused-ring (bicyclic) bond motifs is 8. The van der Waals surface area contributed by atoms with Crippen LogP contribution in [-0.2, 0) is 0 Å². The van der Waals surface area contributed by atoms with Gasteiger partial charge in [-0.05, 0) is 74.8 Å². The maximum absolute atomic E-state index is 6.39. The lowest BCUT2D eigenvalue weighted by atomic mass is 9.93. The summed E-state index contributed by atoms with van der Waals surface area (Å²) in [6.07, 6.45) is 0. The second-order valence-electron chi connectivity index (χ2n) is 9.54. The molecule has 0 N–H and O–H groups in total. The monoisotopic (exact) mass is 503 g/mol. The van der Waals surface area contributed by atoms with Gasteiger partial charge in [0.2, 0.25) is 0 Å². The molecule has 8 rings (SSSR count). The van der Waals surface area contributed by atoms with Crippen molar-refractivity contribution in [2.75, 3.05) is 0 Å². The van der Waals surface area contributed by atoms with Gasteiger partial charge in [-0.2, -0.15) is 0 Å². The van der Waals surface area contributed by atoms with E-state index in [1.54, 1.807) is 11.8 Å². The van der Waals surface area contributed by atoms with Crippen molar-refractivity contribution in [1.29, 1.82) is 0 Å². The summed E-state index contributed by atoms with van der Waals surface area (Å²) in [7, 11) is 0. The van der Waals surface area contributed by atoms with E-state index >= 15 is 0 Å². The van der Waals surface area contributed by atoms with Crippen molar-refractivity contribution in [1.82, 2.24) is 4.98 Å². The van der Waals surface area contributed by atoms with Crippen molar-refractivity contribution in [3.8, 4) is 34.0 Å². The van der Waals surface area contributed by atoms with Crippen LogP contribution in [-0.4, -0.2) is 4.98 Å². The Bertz CT molecular complexity index is 2010. The second kappa shape index (κ2) is 8.47. The van der Waals surface area contributed by atoms with Crippen molar-refractivity contribution in [2.24, 2.45) is 0 Å². The summed E-state index contributed by atoms with van der Waals surface area (Å²) >= 11 is 1.74. The highest BCUT2D eigenvalue weighted by molar-refractivity contribution is 7.99. The molecular weight excluding hydrogens is 482 g/mol. The highest BCUT2D eigenvalue weighted by Gasteiger charge is 2.21. The number of ether oxygens (including phenoxy) is 1. The fourth-order valence-electron chi connectivity index (χ4n) is 5.56. The van der Waals surface area contributed by atoms with Crippen LogP contribution in [0.5, 0.6) is 11.5 Å². The number of hydrogen-bond acceptors (Lipinski definition) is 3. The minimum absolute atomic E-state index is 0.872. The highest BCUT2D eigenvalue weighted by atomic mass is 32.2. The van der Waals surface area contributed by atoms with Gasteiger partial charge in [-0.25, -0.2) is 4.98 Å². The van der Waals surface area contributed by atoms with E-state index in [2.05, 4.69) is 109 Å². The number of hydrogen-bond donors (Lipinski definition) is 0. The molecule has 0 saturated carbocycles. The second-order valence-corrected chi connectivity index (χ2v) is 10.6. The van der Waals surface area contributed by atoms with E-state index < -0.39 is 0 Å². The van der Waals surface area contributed by atoms with Crippen molar-refractivity contribution in [3.63, 3.8) is 0 Å². The first-order valence-corrected chi connectivity index (χ1v) is 13.5. The van der Waals surface area contributed by atoms with Crippen LogP contribution < -0.4 is 4.74 Å². The Labute approximate surface area is 224 Å². The van der Waals surface area contributed by atoms with E-state index in [4.69, 9.17) is 9.72 Å². The smallest absolute Gasteiger partial charge is 0.150 e. The van der Waals surface area contributed by atoms with Gasteiger partial charge in [0.25, 0.3) is 0 Å². The van der Waals surface area contributed by atoms with E-state index in [0.29, 0.717) is 0 Å². The molecule has 0 aliphatic carbocycles. The van der Waals surface area contributed by atoms with Crippen molar-refractivity contribution < 1.29 is 4.74 Å². The summed E-state index contributed by atoms with van der Waals surface area (Å²) < 4.78 is 6.39. The van der Waals surface area contributed by atoms with E-state index in [1.807, 2.05) is 18.2 Å². The zero-order valence-electron chi connectivity index (χ0n) is 20.4. The summed E-state index contributed by atoms with van der Waals surface area (Å²) in [5, 5.41) is 7.62. The molecule has 0 saturated heterocycles. The van der Waals surface area contributed by atoms with E-state index in [-0.39, 0.29) is 0 Å². The first kappa shape index (κ1) is 21.5. The van der Waals surface area contributed by atoms with Crippen molar-refractivity contribution in [2.45, 2.75) is 9.79 Å². The predicted molar refractivity (Wildman–Crippen MR) is 158 cm³/mol. The maximum atomic E-state index is 6.39. The average molecular weight is 504 g/mol. The summed E-state index contributed by atoms with van der Waals surface area (Å²) in [5.41, 5.74) is 3.96. The average Bonchev–Trinajstić information content (AvgIpc) is 2.99. The Kier molecular flexibility index (Phi) is 4.79. The van der Waals surface area contributed by atoms with Crippen LogP contribution in [0.4, 0.5) is 0 Å². The molecule has 1 aromatic heterocycles. The van der Waals surface area contributed by atoms with Gasteiger partial charge in [0.15, 0.2) is 5.75 Å². The molecule has 1 aliphatic heterocycles. The van der Waals surface area contributed by atoms with Crippen molar-refractivity contribution >= 4 is 44.1 Å². The summed E-state index contributed by atoms with van der Waals surface area (Å²) in [6.45, 7) is 0. The van der Waals surface area contributed by atoms with Crippen LogP contribution in [0.3, 0.4) is 0 Å². The molecule has 0 fully saturated rings. The van der Waals surface area contributed by atoms with E-state index in [1.165, 1.54) is 32.3 Å². The van der Waals surface area contributed by atoms with E-state index in [0.717, 1.165) is 43.8 Å². The molecule has 7 aromatic rings. The number of pyridine rings is 1. The number of para-hydroxylation sites is 2. The molecule has 38 heavy (non-hydrogen) atoms. The van der Waals surface area contributed by atoms with Crippen LogP contribution in [0, 0.1) is 0 Å². The lowest BCUT2D eigenvalue weighted by molar-refractivity contribution is 0.456. The fraction of sp³-hybridized carbons (Fsp3) is 0. The lowest BCUT2D eigenvalue weighted by Gasteiger charge is -2.21. The number of aromatic nitrogens is 1. The standard InChI is InChI=1S/C35H21NOS/c1-2-11-25-23(9-1)24-10-3-4-12-26(24)29-21-22(19-20-27(25)29)30-14-8-15-31(36-30)28-13-7-18-34-35(28)37-32-16-5-6-17-33(32)38-34/h1-21H. The molecule has 0 atom stereocenters. The van der Waals surface area contributed by atoms with Gasteiger partial charge in [0.05, 0.1) is 21.2 Å². The molecule has 0 amide bonds. The minimum Gasteiger partial charge on any atom is -0.454 e.